The second-order valence-electron chi connectivity index (χ2n) is 4.36. The van der Waals surface area contributed by atoms with Crippen molar-refractivity contribution in [1.29, 1.82) is 0 Å². The monoisotopic (exact) mass is 305 g/mol. The van der Waals surface area contributed by atoms with Crippen LogP contribution in [0.2, 0.25) is 0 Å². The molecule has 0 aromatic heterocycles. The topological polar surface area (TPSA) is 115 Å². The summed E-state index contributed by atoms with van der Waals surface area (Å²) in [6.07, 6.45) is 2.37. The van der Waals surface area contributed by atoms with Crippen molar-refractivity contribution in [2.45, 2.75) is 23.5 Å². The first-order valence-corrected chi connectivity index (χ1v) is 8.86. The third-order valence-electron chi connectivity index (χ3n) is 2.70. The Labute approximate surface area is 116 Å². The number of nitrogens with one attached hydrogen (secondary N) is 1. The van der Waals surface area contributed by atoms with Gasteiger partial charge in [-0.05, 0) is 24.6 Å². The van der Waals surface area contributed by atoms with E-state index in [1.807, 2.05) is 6.92 Å². The van der Waals surface area contributed by atoms with E-state index in [0.29, 0.717) is 24.3 Å². The molecule has 0 bridgehead atoms. The van der Waals surface area contributed by atoms with Crippen LogP contribution < -0.4 is 16.2 Å². The summed E-state index contributed by atoms with van der Waals surface area (Å²) in [6, 6.07) is 4.37. The van der Waals surface area contributed by atoms with Crippen molar-refractivity contribution in [3.63, 3.8) is 0 Å². The minimum absolute atomic E-state index is 0.0258. The van der Waals surface area contributed by atoms with Gasteiger partial charge in [0.2, 0.25) is 10.0 Å². The van der Waals surface area contributed by atoms with Gasteiger partial charge in [0.25, 0.3) is 0 Å². The maximum absolute atomic E-state index is 11.3. The molecule has 5 N–H and O–H groups in total. The predicted molar refractivity (Wildman–Crippen MR) is 78.9 cm³/mol. The molecule has 0 spiro atoms. The maximum atomic E-state index is 11.3. The number of hydrogen-bond acceptors (Lipinski definition) is 5. The molecule has 0 amide bonds. The molecule has 108 valence electrons. The summed E-state index contributed by atoms with van der Waals surface area (Å²) in [5.41, 5.74) is 6.53. The number of sulfonamides is 1. The fourth-order valence-corrected chi connectivity index (χ4v) is 2.52. The van der Waals surface area contributed by atoms with Crippen molar-refractivity contribution in [3.05, 3.63) is 18.2 Å². The SMILES string of the molecule is CC(CCNc1cc(N)cc(S(N)(=O)=O)c1)S(C)=O. The number of primary sulfonamides is 1. The molecule has 2 atom stereocenters. The van der Waals surface area contributed by atoms with Gasteiger partial charge >= 0.3 is 0 Å². The van der Waals surface area contributed by atoms with Crippen LogP contribution in [0.25, 0.3) is 0 Å². The van der Waals surface area contributed by atoms with E-state index in [0.717, 1.165) is 0 Å². The van der Waals surface area contributed by atoms with Gasteiger partial charge in [-0.1, -0.05) is 6.92 Å². The molecule has 0 radical (unpaired) electrons. The zero-order valence-corrected chi connectivity index (χ0v) is 12.6. The first kappa shape index (κ1) is 15.9. The third kappa shape index (κ3) is 5.17. The van der Waals surface area contributed by atoms with Crippen molar-refractivity contribution in [3.8, 4) is 0 Å². The summed E-state index contributed by atoms with van der Waals surface area (Å²) in [4.78, 5) is -0.0258. The largest absolute Gasteiger partial charge is 0.399 e. The maximum Gasteiger partial charge on any atom is 0.238 e. The molecule has 6 nitrogen and oxygen atoms in total. The minimum Gasteiger partial charge on any atom is -0.399 e. The van der Waals surface area contributed by atoms with Crippen LogP contribution in [0.1, 0.15) is 13.3 Å². The fraction of sp³-hybridized carbons (Fsp3) is 0.455. The summed E-state index contributed by atoms with van der Waals surface area (Å²) < 4.78 is 33.7. The number of nitrogen functional groups attached to an aromatic ring is 1. The van der Waals surface area contributed by atoms with Gasteiger partial charge in [-0.25, -0.2) is 13.6 Å². The van der Waals surface area contributed by atoms with E-state index < -0.39 is 20.8 Å². The summed E-state index contributed by atoms with van der Waals surface area (Å²) in [7, 11) is -4.64. The Morgan fingerprint density at radius 2 is 2.00 bits per heavy atom. The third-order valence-corrected chi connectivity index (χ3v) is 4.97. The van der Waals surface area contributed by atoms with Crippen LogP contribution in [0.4, 0.5) is 11.4 Å². The Kier molecular flexibility index (Phi) is 5.33. The lowest BCUT2D eigenvalue weighted by Gasteiger charge is -2.11. The number of hydrogen-bond donors (Lipinski definition) is 3. The van der Waals surface area contributed by atoms with Gasteiger partial charge in [-0.15, -0.1) is 0 Å². The molecule has 0 fully saturated rings. The van der Waals surface area contributed by atoms with Crippen molar-refractivity contribution >= 4 is 32.2 Å². The standard InChI is InChI=1S/C11H19N3O3S2/c1-8(18(2)15)3-4-14-10-5-9(12)6-11(7-10)19(13,16)17/h5-8,14H,3-4,12H2,1-2H3,(H2,13,16,17). The van der Waals surface area contributed by atoms with Gasteiger partial charge in [0.1, 0.15) is 0 Å². The van der Waals surface area contributed by atoms with Gasteiger partial charge in [0, 0.05) is 40.2 Å². The molecule has 19 heavy (non-hydrogen) atoms. The highest BCUT2D eigenvalue weighted by Crippen LogP contribution is 2.19. The zero-order chi connectivity index (χ0) is 14.6. The van der Waals surface area contributed by atoms with Crippen molar-refractivity contribution in [2.24, 2.45) is 5.14 Å². The molecule has 1 rings (SSSR count). The van der Waals surface area contributed by atoms with E-state index >= 15 is 0 Å². The lowest BCUT2D eigenvalue weighted by atomic mass is 10.2. The highest BCUT2D eigenvalue weighted by Gasteiger charge is 2.10. The molecule has 8 heteroatoms. The quantitative estimate of drug-likeness (QED) is 0.661. The Bertz CT molecular complexity index is 573. The number of anilines is 2. The van der Waals surface area contributed by atoms with Crippen LogP contribution in [-0.4, -0.2) is 30.7 Å². The molecule has 0 saturated carbocycles. The first-order valence-electron chi connectivity index (χ1n) is 5.69. The van der Waals surface area contributed by atoms with E-state index in [-0.39, 0.29) is 10.1 Å². The molecular formula is C11H19N3O3S2. The van der Waals surface area contributed by atoms with Gasteiger partial charge in [0.15, 0.2) is 0 Å². The molecule has 2 unspecified atom stereocenters. The molecule has 0 aliphatic heterocycles. The van der Waals surface area contributed by atoms with Gasteiger partial charge < -0.3 is 11.1 Å². The second kappa shape index (κ2) is 6.36. The summed E-state index contributed by atoms with van der Waals surface area (Å²) >= 11 is 0. The van der Waals surface area contributed by atoms with Crippen LogP contribution in [0.5, 0.6) is 0 Å². The van der Waals surface area contributed by atoms with Gasteiger partial charge in [0.05, 0.1) is 4.90 Å². The zero-order valence-electron chi connectivity index (χ0n) is 10.9. The Balaban J connectivity index is 2.75. The molecule has 1 aromatic carbocycles. The van der Waals surface area contributed by atoms with E-state index in [1.165, 1.54) is 12.1 Å². The highest BCUT2D eigenvalue weighted by molar-refractivity contribution is 7.89. The first-order chi connectivity index (χ1) is 8.70. The molecule has 0 aliphatic rings. The summed E-state index contributed by atoms with van der Waals surface area (Å²) in [5, 5.41) is 8.18. The minimum atomic E-state index is -3.77. The van der Waals surface area contributed by atoms with E-state index in [2.05, 4.69) is 5.32 Å². The fourth-order valence-electron chi connectivity index (χ4n) is 1.47. The van der Waals surface area contributed by atoms with Gasteiger partial charge in [-0.2, -0.15) is 0 Å². The molecule has 0 saturated heterocycles. The van der Waals surface area contributed by atoms with Crippen molar-refractivity contribution in [2.75, 3.05) is 23.9 Å². The van der Waals surface area contributed by atoms with E-state index in [4.69, 9.17) is 10.9 Å². The van der Waals surface area contributed by atoms with E-state index in [9.17, 15) is 12.6 Å². The normalized spacial score (nSPS) is 14.9. The second-order valence-corrected chi connectivity index (χ2v) is 7.72. The average molecular weight is 305 g/mol. The number of benzene rings is 1. The molecule has 0 aliphatic carbocycles. The molecule has 1 aromatic rings. The summed E-state index contributed by atoms with van der Waals surface area (Å²) in [6.45, 7) is 2.47. The predicted octanol–water partition coefficient (Wildman–Crippen LogP) is 0.485. The Morgan fingerprint density at radius 3 is 2.53 bits per heavy atom. The molecule has 0 heterocycles. The molecular weight excluding hydrogens is 286 g/mol. The van der Waals surface area contributed by atoms with Crippen LogP contribution in [0.15, 0.2) is 23.1 Å². The van der Waals surface area contributed by atoms with Crippen LogP contribution in [-0.2, 0) is 20.8 Å². The van der Waals surface area contributed by atoms with Crippen molar-refractivity contribution < 1.29 is 12.6 Å². The number of nitrogens with two attached hydrogens (primary N) is 2. The lowest BCUT2D eigenvalue weighted by molar-refractivity contribution is 0.598. The van der Waals surface area contributed by atoms with E-state index in [1.54, 1.807) is 12.3 Å². The van der Waals surface area contributed by atoms with Crippen LogP contribution in [0, 0.1) is 0 Å². The van der Waals surface area contributed by atoms with Crippen LogP contribution in [0.3, 0.4) is 0 Å². The van der Waals surface area contributed by atoms with Gasteiger partial charge in [-0.3, -0.25) is 4.21 Å². The highest BCUT2D eigenvalue weighted by atomic mass is 32.2. The average Bonchev–Trinajstić information content (AvgIpc) is 2.26. The van der Waals surface area contributed by atoms with Crippen molar-refractivity contribution in [1.82, 2.24) is 0 Å². The Morgan fingerprint density at radius 1 is 1.37 bits per heavy atom. The van der Waals surface area contributed by atoms with Crippen LogP contribution >= 0.6 is 0 Å². The lowest BCUT2D eigenvalue weighted by Crippen LogP contribution is -2.16. The Hall–Kier alpha value is -1.12. The summed E-state index contributed by atoms with van der Waals surface area (Å²) in [5.74, 6) is 0. The number of rotatable bonds is 6. The smallest absolute Gasteiger partial charge is 0.238 e.